The normalized spacial score (nSPS) is 21.9. The summed E-state index contributed by atoms with van der Waals surface area (Å²) in [6, 6.07) is 15.6. The van der Waals surface area contributed by atoms with Gasteiger partial charge in [0.2, 0.25) is 11.8 Å². The molecule has 0 radical (unpaired) electrons. The Morgan fingerprint density at radius 3 is 2.51 bits per heavy atom. The van der Waals surface area contributed by atoms with Crippen LogP contribution in [-0.4, -0.2) is 52.8 Å². The van der Waals surface area contributed by atoms with E-state index in [0.717, 1.165) is 25.2 Å². The molecule has 2 aromatic carbocycles. The van der Waals surface area contributed by atoms with Crippen LogP contribution in [0.4, 0.5) is 5.69 Å². The molecule has 3 amide bonds. The maximum absolute atomic E-state index is 13.3. The van der Waals surface area contributed by atoms with Crippen LogP contribution >= 0.6 is 0 Å². The Morgan fingerprint density at radius 1 is 1.00 bits per heavy atom. The molecule has 0 spiro atoms. The number of para-hydroxylation sites is 1. The Hall–Kier alpha value is -3.19. The highest BCUT2D eigenvalue weighted by Crippen LogP contribution is 2.44. The standard InChI is InChI=1S/C28H34N4O3/c1-28-15-14-26(34)32(28)24-12-5-4-11-23(24)27(35)31(28)18-8-13-25(33)29-19-21-9-2-3-10-22(21)20-30-16-6-7-17-30/h2-5,9-12H,6-8,13-20H2,1H3,(H,29,33). The van der Waals surface area contributed by atoms with Gasteiger partial charge in [0.25, 0.3) is 5.91 Å². The predicted octanol–water partition coefficient (Wildman–Crippen LogP) is 3.68. The minimum Gasteiger partial charge on any atom is -0.352 e. The van der Waals surface area contributed by atoms with Crippen LogP contribution in [0.25, 0.3) is 0 Å². The number of fused-ring (bicyclic) bond motifs is 3. The molecule has 35 heavy (non-hydrogen) atoms. The Morgan fingerprint density at radius 2 is 1.71 bits per heavy atom. The minimum absolute atomic E-state index is 0.0182. The first-order chi connectivity index (χ1) is 17.0. The van der Waals surface area contributed by atoms with Gasteiger partial charge in [-0.1, -0.05) is 36.4 Å². The molecule has 2 fully saturated rings. The number of carbonyl (C=O) groups is 3. The fourth-order valence-corrected chi connectivity index (χ4v) is 5.79. The SMILES string of the molecule is CC12CCC(=O)N1c1ccccc1C(=O)N2CCCC(=O)NCc1ccccc1CN1CCCC1. The smallest absolute Gasteiger partial charge is 0.257 e. The van der Waals surface area contributed by atoms with Crippen molar-refractivity contribution in [1.29, 1.82) is 0 Å². The van der Waals surface area contributed by atoms with E-state index < -0.39 is 5.66 Å². The fourth-order valence-electron chi connectivity index (χ4n) is 5.79. The van der Waals surface area contributed by atoms with E-state index in [1.54, 1.807) is 15.9 Å². The monoisotopic (exact) mass is 474 g/mol. The number of benzene rings is 2. The topological polar surface area (TPSA) is 73.0 Å². The Labute approximate surface area is 207 Å². The van der Waals surface area contributed by atoms with Gasteiger partial charge in [-0.15, -0.1) is 0 Å². The molecule has 0 aromatic heterocycles. The van der Waals surface area contributed by atoms with Crippen molar-refractivity contribution >= 4 is 23.4 Å². The van der Waals surface area contributed by atoms with E-state index in [9.17, 15) is 14.4 Å². The van der Waals surface area contributed by atoms with E-state index in [2.05, 4.69) is 28.4 Å². The third-order valence-corrected chi connectivity index (χ3v) is 7.72. The number of carbonyl (C=O) groups excluding carboxylic acids is 3. The molecule has 1 atom stereocenters. The Bertz CT molecular complexity index is 1130. The highest BCUT2D eigenvalue weighted by atomic mass is 16.2. The number of likely N-dealkylation sites (tertiary alicyclic amines) is 1. The average Bonchev–Trinajstić information content (AvgIpc) is 3.48. The van der Waals surface area contributed by atoms with Crippen molar-refractivity contribution in [2.45, 2.75) is 64.2 Å². The molecule has 7 nitrogen and oxygen atoms in total. The molecule has 1 unspecified atom stereocenters. The van der Waals surface area contributed by atoms with Crippen LogP contribution < -0.4 is 10.2 Å². The summed E-state index contributed by atoms with van der Waals surface area (Å²) >= 11 is 0. The first-order valence-corrected chi connectivity index (χ1v) is 12.8. The summed E-state index contributed by atoms with van der Waals surface area (Å²) in [5.41, 5.74) is 3.01. The van der Waals surface area contributed by atoms with Crippen LogP contribution in [0.15, 0.2) is 48.5 Å². The number of rotatable bonds is 8. The minimum atomic E-state index is -0.673. The predicted molar refractivity (Wildman–Crippen MR) is 135 cm³/mol. The number of nitrogens with zero attached hydrogens (tertiary/aromatic N) is 3. The molecule has 7 heteroatoms. The van der Waals surface area contributed by atoms with E-state index in [4.69, 9.17) is 0 Å². The van der Waals surface area contributed by atoms with Crippen molar-refractivity contribution in [3.63, 3.8) is 0 Å². The van der Waals surface area contributed by atoms with Crippen LogP contribution in [-0.2, 0) is 22.7 Å². The molecule has 0 aliphatic carbocycles. The fraction of sp³-hybridized carbons (Fsp3) is 0.464. The molecule has 3 aliphatic rings. The van der Waals surface area contributed by atoms with Crippen molar-refractivity contribution in [3.05, 3.63) is 65.2 Å². The molecule has 2 saturated heterocycles. The third kappa shape index (κ3) is 4.57. The molecule has 0 bridgehead atoms. The van der Waals surface area contributed by atoms with Gasteiger partial charge in [0, 0.05) is 32.5 Å². The summed E-state index contributed by atoms with van der Waals surface area (Å²) in [6.45, 7) is 6.12. The summed E-state index contributed by atoms with van der Waals surface area (Å²) in [5.74, 6) is -0.0385. The first kappa shape index (κ1) is 23.5. The molecular formula is C28H34N4O3. The molecule has 1 N–H and O–H groups in total. The van der Waals surface area contributed by atoms with Crippen molar-refractivity contribution in [2.24, 2.45) is 0 Å². The number of hydrogen-bond donors (Lipinski definition) is 1. The molecule has 3 aliphatic heterocycles. The summed E-state index contributed by atoms with van der Waals surface area (Å²) < 4.78 is 0. The van der Waals surface area contributed by atoms with Crippen molar-refractivity contribution in [2.75, 3.05) is 24.5 Å². The van der Waals surface area contributed by atoms with Gasteiger partial charge < -0.3 is 10.2 Å². The van der Waals surface area contributed by atoms with Crippen molar-refractivity contribution in [1.82, 2.24) is 15.1 Å². The molecule has 5 rings (SSSR count). The quantitative estimate of drug-likeness (QED) is 0.634. The van der Waals surface area contributed by atoms with Crippen LogP contribution in [0.5, 0.6) is 0 Å². The lowest BCUT2D eigenvalue weighted by atomic mass is 9.98. The van der Waals surface area contributed by atoms with Gasteiger partial charge in [-0.05, 0) is 69.0 Å². The van der Waals surface area contributed by atoms with E-state index in [0.29, 0.717) is 50.0 Å². The molecule has 2 aromatic rings. The zero-order valence-corrected chi connectivity index (χ0v) is 20.5. The van der Waals surface area contributed by atoms with Gasteiger partial charge in [0.05, 0.1) is 11.3 Å². The van der Waals surface area contributed by atoms with E-state index in [-0.39, 0.29) is 17.7 Å². The zero-order chi connectivity index (χ0) is 24.4. The Balaban J connectivity index is 1.18. The third-order valence-electron chi connectivity index (χ3n) is 7.72. The second-order valence-electron chi connectivity index (χ2n) is 10.1. The zero-order valence-electron chi connectivity index (χ0n) is 20.5. The van der Waals surface area contributed by atoms with Crippen LogP contribution in [0.1, 0.15) is 66.9 Å². The summed E-state index contributed by atoms with van der Waals surface area (Å²) in [4.78, 5) is 44.7. The summed E-state index contributed by atoms with van der Waals surface area (Å²) in [6.07, 6.45) is 4.43. The largest absolute Gasteiger partial charge is 0.352 e. The number of amides is 3. The summed E-state index contributed by atoms with van der Waals surface area (Å²) in [7, 11) is 0. The molecule has 184 valence electrons. The van der Waals surface area contributed by atoms with Crippen LogP contribution in [0.2, 0.25) is 0 Å². The maximum atomic E-state index is 13.3. The summed E-state index contributed by atoms with van der Waals surface area (Å²) in [5, 5.41) is 3.07. The van der Waals surface area contributed by atoms with Gasteiger partial charge in [-0.2, -0.15) is 0 Å². The van der Waals surface area contributed by atoms with Crippen LogP contribution in [0.3, 0.4) is 0 Å². The van der Waals surface area contributed by atoms with Crippen LogP contribution in [0, 0.1) is 0 Å². The van der Waals surface area contributed by atoms with Gasteiger partial charge in [-0.3, -0.25) is 24.2 Å². The average molecular weight is 475 g/mol. The lowest BCUT2D eigenvalue weighted by Crippen LogP contribution is -2.62. The first-order valence-electron chi connectivity index (χ1n) is 12.8. The van der Waals surface area contributed by atoms with Gasteiger partial charge in [-0.25, -0.2) is 0 Å². The highest BCUT2D eigenvalue weighted by Gasteiger charge is 2.52. The highest BCUT2D eigenvalue weighted by molar-refractivity contribution is 6.10. The van der Waals surface area contributed by atoms with E-state index in [1.807, 2.05) is 31.2 Å². The van der Waals surface area contributed by atoms with Crippen molar-refractivity contribution in [3.8, 4) is 0 Å². The van der Waals surface area contributed by atoms with Crippen molar-refractivity contribution < 1.29 is 14.4 Å². The van der Waals surface area contributed by atoms with Gasteiger partial charge in [0.1, 0.15) is 5.66 Å². The second-order valence-corrected chi connectivity index (χ2v) is 10.1. The second kappa shape index (κ2) is 9.82. The van der Waals surface area contributed by atoms with Gasteiger partial charge in [0.15, 0.2) is 0 Å². The number of anilines is 1. The lowest BCUT2D eigenvalue weighted by Gasteiger charge is -2.48. The molecule has 3 heterocycles. The van der Waals surface area contributed by atoms with E-state index >= 15 is 0 Å². The van der Waals surface area contributed by atoms with E-state index in [1.165, 1.54) is 18.4 Å². The molecule has 0 saturated carbocycles. The lowest BCUT2D eigenvalue weighted by molar-refractivity contribution is -0.121. The maximum Gasteiger partial charge on any atom is 0.257 e. The Kier molecular flexibility index (Phi) is 6.60. The van der Waals surface area contributed by atoms with Gasteiger partial charge >= 0.3 is 0 Å². The number of nitrogens with one attached hydrogen (secondary N) is 1. The molecular weight excluding hydrogens is 440 g/mol. The number of hydrogen-bond acceptors (Lipinski definition) is 4.